The summed E-state index contributed by atoms with van der Waals surface area (Å²) in [6.45, 7) is 3.03. The first-order chi connectivity index (χ1) is 7.99. The van der Waals surface area contributed by atoms with Gasteiger partial charge in [-0.05, 0) is 37.4 Å². The van der Waals surface area contributed by atoms with Crippen LogP contribution in [0.2, 0.25) is 0 Å². The molecule has 0 unspecified atom stereocenters. The topological polar surface area (TPSA) is 59.4 Å². The van der Waals surface area contributed by atoms with Crippen LogP contribution >= 0.6 is 0 Å². The molecule has 17 heavy (non-hydrogen) atoms. The molecule has 1 aromatic heterocycles. The molecular weight excluding hydrogens is 218 g/mol. The van der Waals surface area contributed by atoms with Gasteiger partial charge in [0.2, 0.25) is 0 Å². The Labute approximate surface area is 98.9 Å². The summed E-state index contributed by atoms with van der Waals surface area (Å²) >= 11 is 0. The van der Waals surface area contributed by atoms with Crippen molar-refractivity contribution in [3.05, 3.63) is 36.7 Å². The first-order valence-electron chi connectivity index (χ1n) is 5.25. The Kier molecular flexibility index (Phi) is 2.71. The monoisotopic (exact) mass is 231 g/mol. The molecule has 0 aliphatic rings. The Morgan fingerprint density at radius 3 is 2.76 bits per heavy atom. The molecular formula is C13H13NO3. The van der Waals surface area contributed by atoms with E-state index >= 15 is 0 Å². The third-order valence-corrected chi connectivity index (χ3v) is 2.50. The molecule has 0 radical (unpaired) electrons. The fourth-order valence-electron chi connectivity index (χ4n) is 1.46. The van der Waals surface area contributed by atoms with Gasteiger partial charge in [-0.15, -0.1) is 0 Å². The van der Waals surface area contributed by atoms with Gasteiger partial charge in [0, 0.05) is 17.8 Å². The molecule has 0 amide bonds. The van der Waals surface area contributed by atoms with Crippen LogP contribution in [0.5, 0.6) is 5.75 Å². The van der Waals surface area contributed by atoms with Crippen LogP contribution in [0.4, 0.5) is 0 Å². The Hall–Kier alpha value is -2.10. The second kappa shape index (κ2) is 4.05. The molecule has 0 saturated heterocycles. The normalized spacial score (nSPS) is 11.4. The molecule has 2 aromatic rings. The maximum Gasteiger partial charge on any atom is 0.347 e. The van der Waals surface area contributed by atoms with Crippen LogP contribution in [0.1, 0.15) is 13.8 Å². The maximum atomic E-state index is 11.0. The third-order valence-electron chi connectivity index (χ3n) is 2.50. The smallest absolute Gasteiger partial charge is 0.347 e. The number of hydrogen-bond donors (Lipinski definition) is 1. The average molecular weight is 231 g/mol. The zero-order valence-electron chi connectivity index (χ0n) is 9.68. The zero-order chi connectivity index (χ0) is 12.5. The van der Waals surface area contributed by atoms with Gasteiger partial charge in [-0.2, -0.15) is 0 Å². The van der Waals surface area contributed by atoms with Crippen LogP contribution in [-0.2, 0) is 4.79 Å². The summed E-state index contributed by atoms with van der Waals surface area (Å²) in [5.74, 6) is -0.471. The summed E-state index contributed by atoms with van der Waals surface area (Å²) in [7, 11) is 0. The van der Waals surface area contributed by atoms with Crippen LogP contribution in [-0.4, -0.2) is 21.7 Å². The highest BCUT2D eigenvalue weighted by Crippen LogP contribution is 2.23. The Morgan fingerprint density at radius 2 is 2.06 bits per heavy atom. The number of carbonyl (C=O) groups is 1. The number of aliphatic carboxylic acids is 1. The fraction of sp³-hybridized carbons (Fsp3) is 0.231. The lowest BCUT2D eigenvalue weighted by atomic mass is 10.1. The molecule has 0 saturated carbocycles. The van der Waals surface area contributed by atoms with E-state index in [9.17, 15) is 4.79 Å². The number of fused-ring (bicyclic) bond motifs is 1. The van der Waals surface area contributed by atoms with Gasteiger partial charge >= 0.3 is 5.97 Å². The molecule has 1 N–H and O–H groups in total. The van der Waals surface area contributed by atoms with E-state index in [1.807, 2.05) is 12.1 Å². The van der Waals surface area contributed by atoms with Crippen molar-refractivity contribution in [2.75, 3.05) is 0 Å². The predicted octanol–water partition coefficient (Wildman–Crippen LogP) is 2.48. The molecule has 0 atom stereocenters. The number of benzene rings is 1. The highest BCUT2D eigenvalue weighted by Gasteiger charge is 2.29. The fourth-order valence-corrected chi connectivity index (χ4v) is 1.46. The maximum absolute atomic E-state index is 11.0. The second-order valence-corrected chi connectivity index (χ2v) is 4.30. The summed E-state index contributed by atoms with van der Waals surface area (Å²) in [5.41, 5.74) is -1.24. The Morgan fingerprint density at radius 1 is 1.29 bits per heavy atom. The summed E-state index contributed by atoms with van der Waals surface area (Å²) in [6.07, 6.45) is 3.43. The Balaban J connectivity index is 2.34. The van der Waals surface area contributed by atoms with Crippen molar-refractivity contribution in [1.29, 1.82) is 0 Å². The highest BCUT2D eigenvalue weighted by molar-refractivity contribution is 5.83. The average Bonchev–Trinajstić information content (AvgIpc) is 2.28. The van der Waals surface area contributed by atoms with Crippen LogP contribution in [0.15, 0.2) is 36.7 Å². The first-order valence-corrected chi connectivity index (χ1v) is 5.25. The van der Waals surface area contributed by atoms with Gasteiger partial charge in [0.05, 0.1) is 0 Å². The van der Waals surface area contributed by atoms with Crippen molar-refractivity contribution in [3.8, 4) is 5.75 Å². The number of rotatable bonds is 3. The quantitative estimate of drug-likeness (QED) is 0.881. The minimum Gasteiger partial charge on any atom is -0.478 e. The standard InChI is InChI=1S/C13H13NO3/c1-13(2,12(15)16)17-11-4-3-9-5-6-14-8-10(9)7-11/h3-8H,1-2H3,(H,15,16). The molecule has 2 rings (SSSR count). The number of ether oxygens (including phenoxy) is 1. The van der Waals surface area contributed by atoms with Crippen molar-refractivity contribution in [3.63, 3.8) is 0 Å². The number of carboxylic acids is 1. The van der Waals surface area contributed by atoms with Gasteiger partial charge in [0.15, 0.2) is 5.60 Å². The Bertz CT molecular complexity index is 563. The molecule has 88 valence electrons. The van der Waals surface area contributed by atoms with E-state index in [4.69, 9.17) is 9.84 Å². The van der Waals surface area contributed by atoms with Gasteiger partial charge < -0.3 is 9.84 Å². The van der Waals surface area contributed by atoms with Crippen molar-refractivity contribution in [2.24, 2.45) is 0 Å². The number of nitrogens with zero attached hydrogens (tertiary/aromatic N) is 1. The van der Waals surface area contributed by atoms with E-state index in [1.54, 1.807) is 24.5 Å². The number of aromatic nitrogens is 1. The van der Waals surface area contributed by atoms with E-state index in [-0.39, 0.29) is 0 Å². The molecule has 0 bridgehead atoms. The lowest BCUT2D eigenvalue weighted by Crippen LogP contribution is -2.37. The zero-order valence-corrected chi connectivity index (χ0v) is 9.68. The van der Waals surface area contributed by atoms with Gasteiger partial charge in [-0.25, -0.2) is 4.79 Å². The van der Waals surface area contributed by atoms with Crippen LogP contribution in [0.3, 0.4) is 0 Å². The molecule has 0 aliphatic carbocycles. The lowest BCUT2D eigenvalue weighted by Gasteiger charge is -2.21. The number of carboxylic acid groups (broad SMARTS) is 1. The van der Waals surface area contributed by atoms with Crippen molar-refractivity contribution in [1.82, 2.24) is 4.98 Å². The first kappa shape index (κ1) is 11.4. The van der Waals surface area contributed by atoms with Crippen molar-refractivity contribution >= 4 is 16.7 Å². The third kappa shape index (κ3) is 2.36. The van der Waals surface area contributed by atoms with Crippen LogP contribution in [0, 0.1) is 0 Å². The largest absolute Gasteiger partial charge is 0.478 e. The molecule has 4 heteroatoms. The summed E-state index contributed by atoms with van der Waals surface area (Å²) in [5, 5.41) is 10.9. The molecule has 1 aromatic carbocycles. The van der Waals surface area contributed by atoms with E-state index in [0.717, 1.165) is 10.8 Å². The molecule has 4 nitrogen and oxygen atoms in total. The number of pyridine rings is 1. The summed E-state index contributed by atoms with van der Waals surface area (Å²) < 4.78 is 5.44. The highest BCUT2D eigenvalue weighted by atomic mass is 16.5. The van der Waals surface area contributed by atoms with Gasteiger partial charge in [0.1, 0.15) is 5.75 Å². The SMILES string of the molecule is CC(C)(Oc1ccc2ccncc2c1)C(=O)O. The van der Waals surface area contributed by atoms with Gasteiger partial charge in [0.25, 0.3) is 0 Å². The van der Waals surface area contributed by atoms with E-state index in [0.29, 0.717) is 5.75 Å². The van der Waals surface area contributed by atoms with Crippen molar-refractivity contribution < 1.29 is 14.6 Å². The minimum atomic E-state index is -1.24. The summed E-state index contributed by atoms with van der Waals surface area (Å²) in [6, 6.07) is 7.31. The molecule has 1 heterocycles. The minimum absolute atomic E-state index is 0.526. The van der Waals surface area contributed by atoms with Gasteiger partial charge in [-0.3, -0.25) is 4.98 Å². The van der Waals surface area contributed by atoms with E-state index < -0.39 is 11.6 Å². The lowest BCUT2D eigenvalue weighted by molar-refractivity contribution is -0.152. The van der Waals surface area contributed by atoms with Crippen LogP contribution < -0.4 is 4.74 Å². The number of hydrogen-bond acceptors (Lipinski definition) is 3. The molecule has 0 fully saturated rings. The molecule has 0 aliphatic heterocycles. The van der Waals surface area contributed by atoms with Crippen LogP contribution in [0.25, 0.3) is 10.8 Å². The predicted molar refractivity (Wildman–Crippen MR) is 64.1 cm³/mol. The van der Waals surface area contributed by atoms with E-state index in [2.05, 4.69) is 4.98 Å². The van der Waals surface area contributed by atoms with Gasteiger partial charge in [-0.1, -0.05) is 6.07 Å². The molecule has 0 spiro atoms. The second-order valence-electron chi connectivity index (χ2n) is 4.30. The van der Waals surface area contributed by atoms with Crippen molar-refractivity contribution in [2.45, 2.75) is 19.4 Å². The summed E-state index contributed by atoms with van der Waals surface area (Å²) in [4.78, 5) is 15.0. The van der Waals surface area contributed by atoms with E-state index in [1.165, 1.54) is 13.8 Å².